The SMILES string of the molecule is C/C=C/N1CC(SC2=C(C(=O)O)N3C(=O)CC3C2)CN1. The first-order chi connectivity index (χ1) is 9.60. The van der Waals surface area contributed by atoms with Gasteiger partial charge in [-0.1, -0.05) is 6.08 Å². The maximum atomic E-state index is 11.5. The number of nitrogens with zero attached hydrogens (tertiary/aromatic N) is 2. The average molecular weight is 295 g/mol. The summed E-state index contributed by atoms with van der Waals surface area (Å²) in [6, 6.07) is 0.0807. The van der Waals surface area contributed by atoms with Crippen molar-refractivity contribution in [1.29, 1.82) is 0 Å². The Hall–Kier alpha value is -1.47. The van der Waals surface area contributed by atoms with Gasteiger partial charge in [-0.25, -0.2) is 10.2 Å². The van der Waals surface area contributed by atoms with Crippen LogP contribution < -0.4 is 5.43 Å². The van der Waals surface area contributed by atoms with E-state index >= 15 is 0 Å². The molecule has 2 saturated heterocycles. The number of nitrogens with one attached hydrogen (secondary N) is 1. The number of carboxylic acid groups (broad SMARTS) is 1. The number of hydrogen-bond acceptors (Lipinski definition) is 5. The zero-order valence-corrected chi connectivity index (χ0v) is 12.0. The molecule has 3 rings (SSSR count). The molecular weight excluding hydrogens is 278 g/mol. The van der Waals surface area contributed by atoms with Gasteiger partial charge in [0, 0.05) is 42.3 Å². The van der Waals surface area contributed by atoms with Crippen molar-refractivity contribution in [2.24, 2.45) is 0 Å². The van der Waals surface area contributed by atoms with Crippen LogP contribution in [0.4, 0.5) is 0 Å². The molecule has 2 unspecified atom stereocenters. The van der Waals surface area contributed by atoms with Gasteiger partial charge in [-0.15, -0.1) is 11.8 Å². The van der Waals surface area contributed by atoms with E-state index in [1.807, 2.05) is 24.2 Å². The maximum Gasteiger partial charge on any atom is 0.353 e. The number of allylic oxidation sites excluding steroid dienone is 1. The fourth-order valence-corrected chi connectivity index (χ4v) is 4.25. The highest BCUT2D eigenvalue weighted by atomic mass is 32.2. The number of carbonyl (C=O) groups is 2. The van der Waals surface area contributed by atoms with Gasteiger partial charge in [0.15, 0.2) is 0 Å². The number of amides is 1. The Balaban J connectivity index is 1.71. The third kappa shape index (κ3) is 2.20. The smallest absolute Gasteiger partial charge is 0.353 e. The zero-order valence-electron chi connectivity index (χ0n) is 11.2. The van der Waals surface area contributed by atoms with Gasteiger partial charge in [0.25, 0.3) is 0 Å². The molecular formula is C13H17N3O3S. The lowest BCUT2D eigenvalue weighted by molar-refractivity contribution is -0.147. The average Bonchev–Trinajstić information content (AvgIpc) is 2.93. The van der Waals surface area contributed by atoms with Gasteiger partial charge in [-0.3, -0.25) is 4.79 Å². The number of thioether (sulfide) groups is 1. The van der Waals surface area contributed by atoms with Gasteiger partial charge in [0.1, 0.15) is 5.70 Å². The Bertz CT molecular complexity index is 517. The highest BCUT2D eigenvalue weighted by molar-refractivity contribution is 8.03. The topological polar surface area (TPSA) is 72.9 Å². The number of carboxylic acids is 1. The molecule has 0 spiro atoms. The van der Waals surface area contributed by atoms with Crippen LogP contribution in [0.15, 0.2) is 22.9 Å². The highest BCUT2D eigenvalue weighted by Crippen LogP contribution is 2.44. The molecule has 1 amide bonds. The predicted molar refractivity (Wildman–Crippen MR) is 75.4 cm³/mol. The minimum Gasteiger partial charge on any atom is -0.477 e. The quantitative estimate of drug-likeness (QED) is 0.746. The summed E-state index contributed by atoms with van der Waals surface area (Å²) in [4.78, 5) is 25.2. The van der Waals surface area contributed by atoms with Crippen LogP contribution >= 0.6 is 11.8 Å². The first-order valence-electron chi connectivity index (χ1n) is 6.68. The van der Waals surface area contributed by atoms with Gasteiger partial charge < -0.3 is 15.0 Å². The Morgan fingerprint density at radius 3 is 2.95 bits per heavy atom. The monoisotopic (exact) mass is 295 g/mol. The first kappa shape index (κ1) is 13.5. The number of hydrogen-bond donors (Lipinski definition) is 2. The summed E-state index contributed by atoms with van der Waals surface area (Å²) in [7, 11) is 0. The van der Waals surface area contributed by atoms with E-state index in [1.54, 1.807) is 11.8 Å². The van der Waals surface area contributed by atoms with Crippen molar-refractivity contribution in [2.75, 3.05) is 13.1 Å². The summed E-state index contributed by atoms with van der Waals surface area (Å²) in [5.74, 6) is -1.05. The van der Waals surface area contributed by atoms with E-state index in [4.69, 9.17) is 0 Å². The van der Waals surface area contributed by atoms with Crippen LogP contribution in [-0.4, -0.2) is 51.3 Å². The Morgan fingerprint density at radius 1 is 1.50 bits per heavy atom. The van der Waals surface area contributed by atoms with Crippen LogP contribution in [-0.2, 0) is 9.59 Å². The predicted octanol–water partition coefficient (Wildman–Crippen LogP) is 0.743. The molecule has 2 N–H and O–H groups in total. The Kier molecular flexibility index (Phi) is 3.47. The van der Waals surface area contributed by atoms with Crippen molar-refractivity contribution in [2.45, 2.75) is 31.1 Å². The number of β-lactam (4-membered cyclic amide) rings is 1. The van der Waals surface area contributed by atoms with Crippen molar-refractivity contribution in [3.8, 4) is 0 Å². The first-order valence-corrected chi connectivity index (χ1v) is 7.56. The fourth-order valence-electron chi connectivity index (χ4n) is 2.87. The second kappa shape index (κ2) is 5.14. The molecule has 0 aromatic rings. The molecule has 2 fully saturated rings. The molecule has 6 nitrogen and oxygen atoms in total. The van der Waals surface area contributed by atoms with E-state index in [0.717, 1.165) is 18.0 Å². The van der Waals surface area contributed by atoms with Gasteiger partial charge in [0.05, 0.1) is 6.04 Å². The lowest BCUT2D eigenvalue weighted by Gasteiger charge is -2.34. The molecule has 7 heteroatoms. The van der Waals surface area contributed by atoms with Crippen LogP contribution in [0.2, 0.25) is 0 Å². The molecule has 0 saturated carbocycles. The number of carbonyl (C=O) groups excluding carboxylic acids is 1. The van der Waals surface area contributed by atoms with Gasteiger partial charge in [-0.05, 0) is 6.92 Å². The van der Waals surface area contributed by atoms with Crippen molar-refractivity contribution in [3.05, 3.63) is 22.9 Å². The molecule has 108 valence electrons. The molecule has 0 radical (unpaired) electrons. The summed E-state index contributed by atoms with van der Waals surface area (Å²) in [5.41, 5.74) is 3.46. The van der Waals surface area contributed by atoms with Crippen molar-refractivity contribution < 1.29 is 14.7 Å². The van der Waals surface area contributed by atoms with Gasteiger partial charge >= 0.3 is 5.97 Å². The molecule has 0 bridgehead atoms. The van der Waals surface area contributed by atoms with E-state index in [0.29, 0.717) is 18.1 Å². The summed E-state index contributed by atoms with van der Waals surface area (Å²) < 4.78 is 0. The largest absolute Gasteiger partial charge is 0.477 e. The number of fused-ring (bicyclic) bond motifs is 1. The van der Waals surface area contributed by atoms with Crippen LogP contribution in [0, 0.1) is 0 Å². The normalized spacial score (nSPS) is 29.4. The lowest BCUT2D eigenvalue weighted by Crippen LogP contribution is -2.49. The third-order valence-corrected chi connectivity index (χ3v) is 5.03. The minimum atomic E-state index is -0.987. The van der Waals surface area contributed by atoms with E-state index in [2.05, 4.69) is 5.43 Å². The van der Waals surface area contributed by atoms with Gasteiger partial charge in [0.2, 0.25) is 5.91 Å². The molecule has 0 aromatic heterocycles. The molecule has 0 aliphatic carbocycles. The summed E-state index contributed by atoms with van der Waals surface area (Å²) in [6.45, 7) is 3.61. The lowest BCUT2D eigenvalue weighted by atomic mass is 10.0. The zero-order chi connectivity index (χ0) is 14.3. The van der Waals surface area contributed by atoms with Crippen LogP contribution in [0.25, 0.3) is 0 Å². The summed E-state index contributed by atoms with van der Waals surface area (Å²) in [5, 5.41) is 11.6. The Morgan fingerprint density at radius 2 is 2.30 bits per heavy atom. The van der Waals surface area contributed by atoms with E-state index in [1.165, 1.54) is 4.90 Å². The summed E-state index contributed by atoms with van der Waals surface area (Å²) in [6.07, 6.45) is 5.10. The molecule has 2 atom stereocenters. The van der Waals surface area contributed by atoms with Gasteiger partial charge in [-0.2, -0.15) is 0 Å². The van der Waals surface area contributed by atoms with Crippen LogP contribution in [0.3, 0.4) is 0 Å². The number of aliphatic carboxylic acids is 1. The molecule has 3 aliphatic heterocycles. The minimum absolute atomic E-state index is 0.0666. The third-order valence-electron chi connectivity index (χ3n) is 3.73. The fraction of sp³-hybridized carbons (Fsp3) is 0.538. The van der Waals surface area contributed by atoms with E-state index in [-0.39, 0.29) is 17.6 Å². The van der Waals surface area contributed by atoms with Crippen molar-refractivity contribution in [1.82, 2.24) is 15.3 Å². The van der Waals surface area contributed by atoms with Crippen LogP contribution in [0.1, 0.15) is 19.8 Å². The Labute approximate surface area is 121 Å². The highest BCUT2D eigenvalue weighted by Gasteiger charge is 2.48. The van der Waals surface area contributed by atoms with E-state index in [9.17, 15) is 14.7 Å². The summed E-state index contributed by atoms with van der Waals surface area (Å²) >= 11 is 1.60. The van der Waals surface area contributed by atoms with Crippen LogP contribution in [0.5, 0.6) is 0 Å². The maximum absolute atomic E-state index is 11.5. The number of rotatable bonds is 4. The second-order valence-corrected chi connectivity index (χ2v) is 6.53. The van der Waals surface area contributed by atoms with Crippen molar-refractivity contribution in [3.63, 3.8) is 0 Å². The molecule has 20 heavy (non-hydrogen) atoms. The van der Waals surface area contributed by atoms with Crippen molar-refractivity contribution >= 4 is 23.6 Å². The number of hydrazine groups is 1. The molecule has 0 aromatic carbocycles. The van der Waals surface area contributed by atoms with E-state index < -0.39 is 5.97 Å². The molecule has 3 heterocycles. The second-order valence-electron chi connectivity index (χ2n) is 5.14. The standard InChI is InChI=1S/C13H17N3O3S/c1-2-3-15-7-9(6-14-15)20-10-4-8-5-11(17)16(8)12(10)13(18)19/h2-3,8-9,14H,4-7H2,1H3,(H,18,19)/b3-2+. The molecule has 3 aliphatic rings.